The average Bonchev–Trinajstić information content (AvgIpc) is 2.15. The van der Waals surface area contributed by atoms with Gasteiger partial charge in [-0.05, 0) is 13.3 Å². The normalized spacial score (nSPS) is 43.7. The molecule has 0 aromatic rings. The maximum Gasteiger partial charge on any atom is 0.0609 e. The Kier molecular flexibility index (Phi) is 2.17. The van der Waals surface area contributed by atoms with Gasteiger partial charge in [-0.1, -0.05) is 22.9 Å². The van der Waals surface area contributed by atoms with E-state index in [1.165, 1.54) is 6.42 Å². The van der Waals surface area contributed by atoms with Gasteiger partial charge in [0.25, 0.3) is 0 Å². The van der Waals surface area contributed by atoms with Gasteiger partial charge in [-0.3, -0.25) is 0 Å². The van der Waals surface area contributed by atoms with Gasteiger partial charge in [0.1, 0.15) is 0 Å². The number of hydrogen-bond donors (Lipinski definition) is 0. The highest BCUT2D eigenvalue weighted by molar-refractivity contribution is 9.09. The van der Waals surface area contributed by atoms with Crippen LogP contribution in [0.1, 0.15) is 20.3 Å². The van der Waals surface area contributed by atoms with Gasteiger partial charge in [0.15, 0.2) is 0 Å². The minimum absolute atomic E-state index is 0.389. The van der Waals surface area contributed by atoms with Crippen molar-refractivity contribution < 1.29 is 4.74 Å². The SMILES string of the molecule is CC1OCCC1(C)CBr. The molecule has 2 heteroatoms. The molecule has 54 valence electrons. The fourth-order valence-corrected chi connectivity index (χ4v) is 1.79. The van der Waals surface area contributed by atoms with Gasteiger partial charge < -0.3 is 4.74 Å². The highest BCUT2D eigenvalue weighted by Gasteiger charge is 2.35. The van der Waals surface area contributed by atoms with Crippen molar-refractivity contribution in [3.8, 4) is 0 Å². The monoisotopic (exact) mass is 192 g/mol. The first-order valence-corrected chi connectivity index (χ1v) is 4.49. The van der Waals surface area contributed by atoms with Crippen molar-refractivity contribution >= 4 is 15.9 Å². The summed E-state index contributed by atoms with van der Waals surface area (Å²) in [5.41, 5.74) is 0.389. The van der Waals surface area contributed by atoms with Crippen LogP contribution in [0.4, 0.5) is 0 Å². The lowest BCUT2D eigenvalue weighted by atomic mass is 9.87. The summed E-state index contributed by atoms with van der Waals surface area (Å²) in [6, 6.07) is 0. The molecule has 0 aromatic heterocycles. The summed E-state index contributed by atoms with van der Waals surface area (Å²) < 4.78 is 5.43. The van der Waals surface area contributed by atoms with Gasteiger partial charge in [0.05, 0.1) is 6.10 Å². The van der Waals surface area contributed by atoms with E-state index in [0.29, 0.717) is 11.5 Å². The van der Waals surface area contributed by atoms with E-state index in [0.717, 1.165) is 11.9 Å². The van der Waals surface area contributed by atoms with Crippen molar-refractivity contribution in [3.05, 3.63) is 0 Å². The summed E-state index contributed by atoms with van der Waals surface area (Å²) in [4.78, 5) is 0. The van der Waals surface area contributed by atoms with Crippen molar-refractivity contribution in [2.45, 2.75) is 26.4 Å². The van der Waals surface area contributed by atoms with Crippen LogP contribution < -0.4 is 0 Å². The molecule has 0 aromatic carbocycles. The van der Waals surface area contributed by atoms with Crippen LogP contribution in [0.15, 0.2) is 0 Å². The second kappa shape index (κ2) is 2.59. The molecule has 0 aliphatic carbocycles. The Bertz CT molecular complexity index is 105. The van der Waals surface area contributed by atoms with Gasteiger partial charge >= 0.3 is 0 Å². The smallest absolute Gasteiger partial charge is 0.0609 e. The summed E-state index contributed by atoms with van der Waals surface area (Å²) in [6.07, 6.45) is 1.62. The molecule has 1 fully saturated rings. The lowest BCUT2D eigenvalue weighted by molar-refractivity contribution is 0.0820. The van der Waals surface area contributed by atoms with Crippen LogP contribution in [0.2, 0.25) is 0 Å². The molecule has 1 aliphatic rings. The highest BCUT2D eigenvalue weighted by atomic mass is 79.9. The molecule has 1 rings (SSSR count). The summed E-state index contributed by atoms with van der Waals surface area (Å²) in [7, 11) is 0. The van der Waals surface area contributed by atoms with Gasteiger partial charge in [-0.15, -0.1) is 0 Å². The first-order valence-electron chi connectivity index (χ1n) is 3.36. The van der Waals surface area contributed by atoms with Crippen LogP contribution in [0.3, 0.4) is 0 Å². The van der Waals surface area contributed by atoms with Gasteiger partial charge in [0.2, 0.25) is 0 Å². The third-order valence-electron chi connectivity index (χ3n) is 2.33. The van der Waals surface area contributed by atoms with Crippen LogP contribution in [0, 0.1) is 5.41 Å². The Hall–Kier alpha value is 0.440. The molecule has 0 radical (unpaired) electrons. The van der Waals surface area contributed by atoms with E-state index in [9.17, 15) is 0 Å². The predicted molar refractivity (Wildman–Crippen MR) is 41.9 cm³/mol. The maximum absolute atomic E-state index is 5.43. The van der Waals surface area contributed by atoms with Crippen molar-refractivity contribution in [2.24, 2.45) is 5.41 Å². The highest BCUT2D eigenvalue weighted by Crippen LogP contribution is 2.35. The third-order valence-corrected chi connectivity index (χ3v) is 3.61. The van der Waals surface area contributed by atoms with Gasteiger partial charge in [-0.25, -0.2) is 0 Å². The molecule has 2 atom stereocenters. The fourth-order valence-electron chi connectivity index (χ4n) is 1.05. The molecular weight excluding hydrogens is 180 g/mol. The molecule has 2 unspecified atom stereocenters. The summed E-state index contributed by atoms with van der Waals surface area (Å²) >= 11 is 3.49. The number of ether oxygens (including phenoxy) is 1. The summed E-state index contributed by atoms with van der Waals surface area (Å²) in [5.74, 6) is 0. The lowest BCUT2D eigenvalue weighted by Gasteiger charge is -2.23. The zero-order chi connectivity index (χ0) is 6.91. The van der Waals surface area contributed by atoms with E-state index in [4.69, 9.17) is 4.74 Å². The molecule has 1 heterocycles. The van der Waals surface area contributed by atoms with E-state index >= 15 is 0 Å². The molecule has 0 spiro atoms. The average molecular weight is 193 g/mol. The van der Waals surface area contributed by atoms with E-state index in [1.54, 1.807) is 0 Å². The van der Waals surface area contributed by atoms with E-state index < -0.39 is 0 Å². The number of alkyl halides is 1. The number of hydrogen-bond acceptors (Lipinski definition) is 1. The van der Waals surface area contributed by atoms with Crippen molar-refractivity contribution in [1.29, 1.82) is 0 Å². The third kappa shape index (κ3) is 1.30. The Morgan fingerprint density at radius 2 is 2.44 bits per heavy atom. The molecule has 0 amide bonds. The Balaban J connectivity index is 2.56. The van der Waals surface area contributed by atoms with Crippen molar-refractivity contribution in [3.63, 3.8) is 0 Å². The largest absolute Gasteiger partial charge is 0.378 e. The molecule has 0 N–H and O–H groups in total. The van der Waals surface area contributed by atoms with E-state index in [-0.39, 0.29) is 0 Å². The standard InChI is InChI=1S/C7H13BrO/c1-6-7(2,5-8)3-4-9-6/h6H,3-5H2,1-2H3. The topological polar surface area (TPSA) is 9.23 Å². The van der Waals surface area contributed by atoms with Crippen LogP contribution in [-0.2, 0) is 4.74 Å². The van der Waals surface area contributed by atoms with Crippen molar-refractivity contribution in [1.82, 2.24) is 0 Å². The van der Waals surface area contributed by atoms with E-state index in [2.05, 4.69) is 29.8 Å². The zero-order valence-electron chi connectivity index (χ0n) is 5.98. The van der Waals surface area contributed by atoms with Gasteiger partial charge in [-0.2, -0.15) is 0 Å². The minimum Gasteiger partial charge on any atom is -0.378 e. The first kappa shape index (κ1) is 7.55. The zero-order valence-corrected chi connectivity index (χ0v) is 7.57. The van der Waals surface area contributed by atoms with E-state index in [1.807, 2.05) is 0 Å². The quantitative estimate of drug-likeness (QED) is 0.580. The molecule has 0 saturated carbocycles. The fraction of sp³-hybridized carbons (Fsp3) is 1.00. The molecule has 1 nitrogen and oxygen atoms in total. The Morgan fingerprint density at radius 1 is 1.78 bits per heavy atom. The Labute approximate surface area is 64.9 Å². The first-order chi connectivity index (χ1) is 4.19. The van der Waals surface area contributed by atoms with Crippen LogP contribution in [0.5, 0.6) is 0 Å². The second-order valence-corrected chi connectivity index (χ2v) is 3.61. The van der Waals surface area contributed by atoms with Crippen LogP contribution >= 0.6 is 15.9 Å². The predicted octanol–water partition coefficient (Wildman–Crippen LogP) is 2.20. The Morgan fingerprint density at radius 3 is 2.67 bits per heavy atom. The van der Waals surface area contributed by atoms with Crippen LogP contribution in [0.25, 0.3) is 0 Å². The molecule has 1 saturated heterocycles. The maximum atomic E-state index is 5.43. The molecule has 1 aliphatic heterocycles. The van der Waals surface area contributed by atoms with Gasteiger partial charge in [0, 0.05) is 17.4 Å². The number of halogens is 1. The molecule has 0 bridgehead atoms. The number of rotatable bonds is 1. The lowest BCUT2D eigenvalue weighted by Crippen LogP contribution is -2.26. The molecular formula is C7H13BrO. The van der Waals surface area contributed by atoms with Crippen LogP contribution in [-0.4, -0.2) is 18.0 Å². The minimum atomic E-state index is 0.389. The second-order valence-electron chi connectivity index (χ2n) is 3.05. The van der Waals surface area contributed by atoms with Crippen molar-refractivity contribution in [2.75, 3.05) is 11.9 Å². The summed E-state index contributed by atoms with van der Waals surface area (Å²) in [6.45, 7) is 5.34. The molecule has 9 heavy (non-hydrogen) atoms. The summed E-state index contributed by atoms with van der Waals surface area (Å²) in [5, 5.41) is 1.06.